The van der Waals surface area contributed by atoms with Crippen LogP contribution in [0.1, 0.15) is 26.1 Å². The summed E-state index contributed by atoms with van der Waals surface area (Å²) in [5, 5.41) is 38.8. The first-order valence-electron chi connectivity index (χ1n) is 14.6. The number of hydrogen-bond donors (Lipinski definition) is 8. The van der Waals surface area contributed by atoms with E-state index in [4.69, 9.17) is 21.4 Å². The standard InChI is InChI=1S/C27H33N11O10S2/c1-27(2,24(45)46)48-35-17(21-34-25(29)50-36-21)22(42)33-16-18(41)15-14(23(43)44)11(10-49-19(15)16)8-38-9-12(20(28)37(38)3)32-26(47)31-7-6-30-5-4-13(39)40/h5,9,15-16,19,28H,4,6-8,10H2,1-3H3,(H8,29,31,32,33,34,36,39,40,42,43,44,45,46,47)/p+1/b30-5-,35-17-/t15?,16-,19+/m1/s1. The van der Waals surface area contributed by atoms with Gasteiger partial charge < -0.3 is 42.3 Å². The zero-order valence-corrected chi connectivity index (χ0v) is 28.4. The predicted molar refractivity (Wildman–Crippen MR) is 178 cm³/mol. The number of nitrogens with zero attached hydrogens (tertiary/aromatic N) is 6. The number of hydrogen-bond acceptors (Lipinski definition) is 15. The van der Waals surface area contributed by atoms with Crippen molar-refractivity contribution in [2.45, 2.75) is 43.7 Å². The Labute approximate surface area is 291 Å². The minimum atomic E-state index is -1.83. The van der Waals surface area contributed by atoms with Gasteiger partial charge in [-0.15, -0.1) is 9.36 Å². The van der Waals surface area contributed by atoms with Crippen LogP contribution in [0.25, 0.3) is 0 Å². The number of ketones is 1. The molecule has 1 aliphatic carbocycles. The second kappa shape index (κ2) is 15.3. The maximum Gasteiger partial charge on any atom is 0.350 e. The monoisotopic (exact) mass is 736 g/mol. The van der Waals surface area contributed by atoms with Crippen LogP contribution in [0, 0.1) is 5.92 Å². The predicted octanol–water partition coefficient (Wildman–Crippen LogP) is -1.54. The summed E-state index contributed by atoms with van der Waals surface area (Å²) >= 11 is 2.01. The van der Waals surface area contributed by atoms with Crippen molar-refractivity contribution in [3.63, 3.8) is 0 Å². The molecule has 2 aromatic heterocycles. The summed E-state index contributed by atoms with van der Waals surface area (Å²) < 4.78 is 6.99. The van der Waals surface area contributed by atoms with Gasteiger partial charge in [-0.05, 0) is 13.8 Å². The van der Waals surface area contributed by atoms with Gasteiger partial charge >= 0.3 is 23.9 Å². The smallest absolute Gasteiger partial charge is 0.350 e. The Morgan fingerprint density at radius 3 is 2.56 bits per heavy atom. The molecule has 2 aromatic rings. The Morgan fingerprint density at radius 1 is 1.22 bits per heavy atom. The third kappa shape index (κ3) is 8.34. The van der Waals surface area contributed by atoms with Crippen molar-refractivity contribution in [3.8, 4) is 0 Å². The number of carboxylic acid groups (broad SMARTS) is 3. The number of Topliss-reactive ketones (excluding diaryl/α,β-unsaturated/α-hetero) is 1. The van der Waals surface area contributed by atoms with Gasteiger partial charge in [0, 0.05) is 40.9 Å². The average Bonchev–Trinajstić information content (AvgIpc) is 3.58. The van der Waals surface area contributed by atoms with E-state index in [1.165, 1.54) is 42.7 Å². The molecule has 268 valence electrons. The van der Waals surface area contributed by atoms with Crippen molar-refractivity contribution >= 4 is 87.5 Å². The first-order valence-corrected chi connectivity index (χ1v) is 16.4. The molecule has 0 aromatic carbocycles. The summed E-state index contributed by atoms with van der Waals surface area (Å²) in [6.45, 7) is 2.70. The number of amides is 3. The number of aromatic nitrogens is 4. The number of urea groups is 1. The highest BCUT2D eigenvalue weighted by atomic mass is 32.2. The molecule has 3 amide bonds. The molecule has 0 saturated heterocycles. The molecule has 3 heterocycles. The second-order valence-electron chi connectivity index (χ2n) is 11.3. The normalized spacial score (nSPS) is 19.1. The molecular formula is C27H34N11O10S2+. The van der Waals surface area contributed by atoms with Crippen LogP contribution in [0.2, 0.25) is 0 Å². The number of rotatable bonds is 15. The lowest BCUT2D eigenvalue weighted by atomic mass is 9.71. The summed E-state index contributed by atoms with van der Waals surface area (Å²) in [4.78, 5) is 86.4. The van der Waals surface area contributed by atoms with Crippen molar-refractivity contribution in [2.24, 2.45) is 23.1 Å². The fraction of sp³-hybridized carbons (Fsp3) is 0.444. The molecule has 1 unspecified atom stereocenters. The van der Waals surface area contributed by atoms with Gasteiger partial charge in [0.2, 0.25) is 23.3 Å². The van der Waals surface area contributed by atoms with Crippen LogP contribution in [-0.2, 0) is 42.4 Å². The summed E-state index contributed by atoms with van der Waals surface area (Å²) in [5.41, 5.74) is 9.98. The zero-order chi connectivity index (χ0) is 36.9. The van der Waals surface area contributed by atoms with Crippen LogP contribution in [-0.4, -0.2) is 113 Å². The number of carbonyl (C=O) groups is 6. The van der Waals surface area contributed by atoms with Crippen LogP contribution in [0.5, 0.6) is 0 Å². The number of anilines is 3. The van der Waals surface area contributed by atoms with E-state index in [0.717, 1.165) is 11.5 Å². The lowest BCUT2D eigenvalue weighted by Crippen LogP contribution is -2.66. The molecule has 0 radical (unpaired) electrons. The van der Waals surface area contributed by atoms with Gasteiger partial charge in [0.1, 0.15) is 6.04 Å². The Balaban J connectivity index is 1.46. The van der Waals surface area contributed by atoms with Crippen LogP contribution in [0.15, 0.2) is 27.5 Å². The average molecular weight is 737 g/mol. The highest BCUT2D eigenvalue weighted by Crippen LogP contribution is 2.45. The van der Waals surface area contributed by atoms with E-state index < -0.39 is 64.2 Å². The molecule has 50 heavy (non-hydrogen) atoms. The van der Waals surface area contributed by atoms with Crippen LogP contribution in [0.4, 0.5) is 21.4 Å². The Hall–Kier alpha value is -5.58. The maximum absolute atomic E-state index is 13.4. The van der Waals surface area contributed by atoms with Crippen molar-refractivity contribution in [1.82, 2.24) is 24.7 Å². The quantitative estimate of drug-likeness (QED) is 0.0445. The molecule has 1 fully saturated rings. The number of aliphatic imine (C=N–C) groups is 1. The summed E-state index contributed by atoms with van der Waals surface area (Å²) in [7, 11) is 1.60. The molecule has 1 saturated carbocycles. The van der Waals surface area contributed by atoms with Crippen LogP contribution < -0.4 is 32.1 Å². The number of nitrogens with one attached hydrogen (secondary N) is 3. The van der Waals surface area contributed by atoms with Gasteiger partial charge in [-0.25, -0.2) is 14.4 Å². The third-order valence-corrected chi connectivity index (χ3v) is 9.48. The SMILES string of the molecule is Cn1c(N)c(NC(=O)NCC/N=C\CC(=O)O)c[n+]1CC1=C(C(=O)O)C2C(=O)[C@@H](NC(=O)/C(=N\OC(C)(C)C(=O)O)c3nsc(N)n3)[C@H]2SC1. The minimum absolute atomic E-state index is 0.00880. The number of aliphatic carboxylic acids is 3. The minimum Gasteiger partial charge on any atom is -0.481 e. The number of nitrogens with two attached hydrogens (primary N) is 2. The first kappa shape index (κ1) is 37.2. The molecule has 1 aliphatic heterocycles. The van der Waals surface area contributed by atoms with Gasteiger partial charge in [-0.2, -0.15) is 21.1 Å². The van der Waals surface area contributed by atoms with Crippen LogP contribution >= 0.6 is 23.3 Å². The van der Waals surface area contributed by atoms with Gasteiger partial charge in [0.15, 0.2) is 29.0 Å². The zero-order valence-electron chi connectivity index (χ0n) is 26.8. The lowest BCUT2D eigenvalue weighted by molar-refractivity contribution is -0.765. The van der Waals surface area contributed by atoms with Gasteiger partial charge in [0.25, 0.3) is 5.91 Å². The second-order valence-corrected chi connectivity index (χ2v) is 13.3. The first-order chi connectivity index (χ1) is 23.5. The Kier molecular flexibility index (Phi) is 11.4. The molecule has 0 spiro atoms. The molecule has 0 bridgehead atoms. The highest BCUT2D eigenvalue weighted by Gasteiger charge is 2.57. The third-order valence-electron chi connectivity index (χ3n) is 7.49. The van der Waals surface area contributed by atoms with Gasteiger partial charge in [-0.3, -0.25) is 24.7 Å². The Morgan fingerprint density at radius 2 is 1.94 bits per heavy atom. The van der Waals surface area contributed by atoms with Gasteiger partial charge in [0.05, 0.1) is 31.5 Å². The van der Waals surface area contributed by atoms with Crippen LogP contribution in [0.3, 0.4) is 0 Å². The van der Waals surface area contributed by atoms with E-state index in [2.05, 4.69) is 35.5 Å². The van der Waals surface area contributed by atoms with Crippen molar-refractivity contribution < 1.29 is 53.6 Å². The number of carboxylic acids is 3. The van der Waals surface area contributed by atoms with E-state index >= 15 is 0 Å². The number of nitrogen functional groups attached to an aromatic ring is 2. The largest absolute Gasteiger partial charge is 0.481 e. The van der Waals surface area contributed by atoms with Crippen molar-refractivity contribution in [1.29, 1.82) is 0 Å². The molecule has 3 atom stereocenters. The van der Waals surface area contributed by atoms with E-state index in [9.17, 15) is 39.0 Å². The fourth-order valence-corrected chi connectivity index (χ4v) is 6.70. The molecule has 23 heteroatoms. The number of fused-ring (bicyclic) bond motifs is 1. The molecule has 21 nitrogen and oxygen atoms in total. The molecular weight excluding hydrogens is 702 g/mol. The van der Waals surface area contributed by atoms with Gasteiger partial charge in [-0.1, -0.05) is 5.16 Å². The maximum atomic E-state index is 13.4. The van der Waals surface area contributed by atoms with E-state index in [0.29, 0.717) is 5.57 Å². The molecule has 10 N–H and O–H groups in total. The fourth-order valence-electron chi connectivity index (χ4n) is 4.77. The van der Waals surface area contributed by atoms with E-state index in [-0.39, 0.29) is 59.8 Å². The van der Waals surface area contributed by atoms with Crippen molar-refractivity contribution in [2.75, 3.05) is 35.6 Å². The summed E-state index contributed by atoms with van der Waals surface area (Å²) in [5.74, 6) is -6.21. The number of thioether (sulfide) groups is 1. The summed E-state index contributed by atoms with van der Waals surface area (Å²) in [6.07, 6.45) is 2.50. The molecule has 4 rings (SSSR count). The highest BCUT2D eigenvalue weighted by molar-refractivity contribution is 8.00. The molecule has 2 aliphatic rings. The van der Waals surface area contributed by atoms with Crippen molar-refractivity contribution in [3.05, 3.63) is 23.2 Å². The summed E-state index contributed by atoms with van der Waals surface area (Å²) in [6, 6.07) is -1.71. The topological polar surface area (TPSA) is 320 Å². The van der Waals surface area contributed by atoms with E-state index in [1.54, 1.807) is 11.7 Å². The Bertz CT molecular complexity index is 1820. The number of carbonyl (C=O) groups excluding carboxylic acids is 3. The number of oxime groups is 1. The van der Waals surface area contributed by atoms with E-state index in [1.807, 2.05) is 0 Å². The lowest BCUT2D eigenvalue weighted by Gasteiger charge is -2.45.